The summed E-state index contributed by atoms with van der Waals surface area (Å²) in [5, 5.41) is 3.09. The maximum atomic E-state index is 12.9. The van der Waals surface area contributed by atoms with E-state index in [4.69, 9.17) is 4.74 Å². The van der Waals surface area contributed by atoms with Gasteiger partial charge in [0, 0.05) is 18.3 Å². The Morgan fingerprint density at radius 2 is 2.08 bits per heavy atom. The lowest BCUT2D eigenvalue weighted by Gasteiger charge is -2.35. The Kier molecular flexibility index (Phi) is 4.37. The topological polar surface area (TPSA) is 42.4 Å². The van der Waals surface area contributed by atoms with Gasteiger partial charge in [0.25, 0.3) is 0 Å². The van der Waals surface area contributed by atoms with Gasteiger partial charge in [-0.15, -0.1) is 11.3 Å². The van der Waals surface area contributed by atoms with Gasteiger partial charge in [0.2, 0.25) is 5.91 Å². The minimum atomic E-state index is -0.0278. The number of ether oxygens (including phenoxy) is 1. The van der Waals surface area contributed by atoms with Crippen LogP contribution in [0.5, 0.6) is 0 Å². The number of benzene rings is 1. The van der Waals surface area contributed by atoms with E-state index in [0.29, 0.717) is 32.1 Å². The van der Waals surface area contributed by atoms with E-state index in [0.717, 1.165) is 23.5 Å². The second-order valence-electron chi connectivity index (χ2n) is 6.72. The van der Waals surface area contributed by atoms with Gasteiger partial charge in [-0.05, 0) is 36.8 Å². The first-order valence-electron chi connectivity index (χ1n) is 8.56. The molecule has 1 aromatic carbocycles. The predicted octanol–water partition coefficient (Wildman–Crippen LogP) is 3.16. The highest BCUT2D eigenvalue weighted by Gasteiger charge is 2.32. The standard InChI is InChI=1S/C19H22N2O2S/c1-13-20-17(12-24-13)18-11-23-7-6-21(18)19(22)10-14-8-15-4-2-3-5-16(15)9-14/h2-5,12,14,18H,6-11H2,1H3/t18-/m0/s1. The van der Waals surface area contributed by atoms with E-state index < -0.39 is 0 Å². The van der Waals surface area contributed by atoms with E-state index in [1.54, 1.807) is 11.3 Å². The van der Waals surface area contributed by atoms with Crippen molar-refractivity contribution in [2.45, 2.75) is 32.2 Å². The summed E-state index contributed by atoms with van der Waals surface area (Å²) in [7, 11) is 0. The molecule has 0 saturated carbocycles. The second-order valence-corrected chi connectivity index (χ2v) is 7.78. The average molecular weight is 342 g/mol. The minimum Gasteiger partial charge on any atom is -0.377 e. The third kappa shape index (κ3) is 3.10. The van der Waals surface area contributed by atoms with E-state index in [-0.39, 0.29) is 11.9 Å². The number of aryl methyl sites for hydroxylation is 1. The number of carbonyl (C=O) groups excluding carboxylic acids is 1. The smallest absolute Gasteiger partial charge is 0.223 e. The molecule has 24 heavy (non-hydrogen) atoms. The van der Waals surface area contributed by atoms with Gasteiger partial charge in [0.1, 0.15) is 0 Å². The van der Waals surface area contributed by atoms with Gasteiger partial charge in [-0.1, -0.05) is 24.3 Å². The zero-order valence-corrected chi connectivity index (χ0v) is 14.7. The molecule has 4 nitrogen and oxygen atoms in total. The summed E-state index contributed by atoms with van der Waals surface area (Å²) in [6.45, 7) is 3.84. The molecule has 2 aliphatic rings. The highest BCUT2D eigenvalue weighted by atomic mass is 32.1. The Labute approximate surface area is 146 Å². The van der Waals surface area contributed by atoms with E-state index >= 15 is 0 Å². The number of morpholine rings is 1. The van der Waals surface area contributed by atoms with E-state index in [2.05, 4.69) is 34.6 Å². The number of carbonyl (C=O) groups is 1. The van der Waals surface area contributed by atoms with Gasteiger partial charge in [-0.25, -0.2) is 4.98 Å². The number of hydrogen-bond donors (Lipinski definition) is 0. The van der Waals surface area contributed by atoms with Crippen molar-refractivity contribution in [1.82, 2.24) is 9.88 Å². The minimum absolute atomic E-state index is 0.0278. The van der Waals surface area contributed by atoms with Crippen molar-refractivity contribution >= 4 is 17.2 Å². The van der Waals surface area contributed by atoms with Crippen molar-refractivity contribution in [3.8, 4) is 0 Å². The van der Waals surface area contributed by atoms with Crippen LogP contribution in [-0.2, 0) is 22.4 Å². The molecule has 0 N–H and O–H groups in total. The molecule has 2 heterocycles. The lowest BCUT2D eigenvalue weighted by molar-refractivity contribution is -0.141. The number of rotatable bonds is 3. The van der Waals surface area contributed by atoms with Gasteiger partial charge < -0.3 is 9.64 Å². The Morgan fingerprint density at radius 1 is 1.33 bits per heavy atom. The number of amides is 1. The van der Waals surface area contributed by atoms with Gasteiger partial charge in [-0.2, -0.15) is 0 Å². The van der Waals surface area contributed by atoms with E-state index in [1.807, 2.05) is 11.8 Å². The van der Waals surface area contributed by atoms with Crippen LogP contribution in [-0.4, -0.2) is 35.5 Å². The summed E-state index contributed by atoms with van der Waals surface area (Å²) < 4.78 is 5.62. The lowest BCUT2D eigenvalue weighted by atomic mass is 10.0. The Morgan fingerprint density at radius 3 is 2.75 bits per heavy atom. The first-order chi connectivity index (χ1) is 11.7. The van der Waals surface area contributed by atoms with Crippen LogP contribution in [0.25, 0.3) is 0 Å². The molecular weight excluding hydrogens is 320 g/mol. The van der Waals surface area contributed by atoms with E-state index in [9.17, 15) is 4.79 Å². The van der Waals surface area contributed by atoms with Crippen molar-refractivity contribution in [3.05, 3.63) is 51.5 Å². The number of aromatic nitrogens is 1. The Bertz CT molecular complexity index is 717. The molecule has 4 rings (SSSR count). The van der Waals surface area contributed by atoms with Gasteiger partial charge in [0.15, 0.2) is 0 Å². The SMILES string of the molecule is Cc1nc([C@@H]2COCCN2C(=O)CC2Cc3ccccc3C2)cs1. The fraction of sp³-hybridized carbons (Fsp3) is 0.474. The molecule has 1 aliphatic heterocycles. The first-order valence-corrected chi connectivity index (χ1v) is 9.44. The molecule has 0 bridgehead atoms. The molecule has 1 aliphatic carbocycles. The zero-order valence-electron chi connectivity index (χ0n) is 13.9. The Balaban J connectivity index is 1.45. The highest BCUT2D eigenvalue weighted by Crippen LogP contribution is 2.31. The quantitative estimate of drug-likeness (QED) is 0.860. The van der Waals surface area contributed by atoms with Crippen LogP contribution in [0.15, 0.2) is 29.6 Å². The predicted molar refractivity (Wildman–Crippen MR) is 94.1 cm³/mol. The molecule has 1 fully saturated rings. The molecule has 126 valence electrons. The van der Waals surface area contributed by atoms with Crippen molar-refractivity contribution in [2.24, 2.45) is 5.92 Å². The zero-order chi connectivity index (χ0) is 16.5. The fourth-order valence-electron chi connectivity index (χ4n) is 3.84. The summed E-state index contributed by atoms with van der Waals surface area (Å²) in [4.78, 5) is 19.5. The second kappa shape index (κ2) is 6.65. The van der Waals surface area contributed by atoms with Gasteiger partial charge in [-0.3, -0.25) is 4.79 Å². The molecule has 0 radical (unpaired) electrons. The number of hydrogen-bond acceptors (Lipinski definition) is 4. The van der Waals surface area contributed by atoms with Crippen LogP contribution < -0.4 is 0 Å². The lowest BCUT2D eigenvalue weighted by Crippen LogP contribution is -2.44. The molecular formula is C19H22N2O2S. The van der Waals surface area contributed by atoms with Crippen molar-refractivity contribution in [2.75, 3.05) is 19.8 Å². The van der Waals surface area contributed by atoms with Crippen molar-refractivity contribution < 1.29 is 9.53 Å². The summed E-state index contributed by atoms with van der Waals surface area (Å²) in [6.07, 6.45) is 2.66. The van der Waals surface area contributed by atoms with E-state index in [1.165, 1.54) is 11.1 Å². The van der Waals surface area contributed by atoms with Crippen LogP contribution in [0.1, 0.15) is 34.3 Å². The monoisotopic (exact) mass is 342 g/mol. The fourth-order valence-corrected chi connectivity index (χ4v) is 4.50. The first kappa shape index (κ1) is 15.8. The molecule has 1 amide bonds. The third-order valence-corrected chi connectivity index (χ3v) is 5.82. The van der Waals surface area contributed by atoms with Crippen LogP contribution >= 0.6 is 11.3 Å². The summed E-state index contributed by atoms with van der Waals surface area (Å²) in [5.41, 5.74) is 3.79. The number of fused-ring (bicyclic) bond motifs is 1. The maximum absolute atomic E-state index is 12.9. The van der Waals surface area contributed by atoms with Crippen LogP contribution in [0.3, 0.4) is 0 Å². The summed E-state index contributed by atoms with van der Waals surface area (Å²) in [6, 6.07) is 8.53. The largest absolute Gasteiger partial charge is 0.377 e. The average Bonchev–Trinajstić information content (AvgIpc) is 3.20. The van der Waals surface area contributed by atoms with Crippen LogP contribution in [0.2, 0.25) is 0 Å². The van der Waals surface area contributed by atoms with Crippen molar-refractivity contribution in [3.63, 3.8) is 0 Å². The normalized spacial score (nSPS) is 21.0. The number of thiazole rings is 1. The molecule has 0 spiro atoms. The molecule has 1 aromatic heterocycles. The highest BCUT2D eigenvalue weighted by molar-refractivity contribution is 7.09. The molecule has 1 atom stereocenters. The summed E-state index contributed by atoms with van der Waals surface area (Å²) in [5.74, 6) is 0.669. The number of nitrogens with zero attached hydrogens (tertiary/aromatic N) is 2. The molecule has 0 unspecified atom stereocenters. The van der Waals surface area contributed by atoms with Crippen molar-refractivity contribution in [1.29, 1.82) is 0 Å². The van der Waals surface area contributed by atoms with Crippen LogP contribution in [0.4, 0.5) is 0 Å². The maximum Gasteiger partial charge on any atom is 0.223 e. The van der Waals surface area contributed by atoms with Gasteiger partial charge >= 0.3 is 0 Å². The van der Waals surface area contributed by atoms with Gasteiger partial charge in [0.05, 0.1) is 30.0 Å². The molecule has 1 saturated heterocycles. The molecule has 5 heteroatoms. The molecule has 2 aromatic rings. The van der Waals surface area contributed by atoms with Crippen LogP contribution in [0, 0.1) is 12.8 Å². The summed E-state index contributed by atoms with van der Waals surface area (Å²) >= 11 is 1.63. The third-order valence-electron chi connectivity index (χ3n) is 5.03. The Hall–Kier alpha value is -1.72.